The second-order valence-corrected chi connectivity index (χ2v) is 5.38. The van der Waals surface area contributed by atoms with Crippen molar-refractivity contribution in [3.05, 3.63) is 17.3 Å². The third-order valence-corrected chi connectivity index (χ3v) is 3.87. The number of aryl methyl sites for hydroxylation is 1. The van der Waals surface area contributed by atoms with Crippen molar-refractivity contribution in [2.75, 3.05) is 11.6 Å². The van der Waals surface area contributed by atoms with E-state index in [4.69, 9.17) is 0 Å². The van der Waals surface area contributed by atoms with Gasteiger partial charge in [0.15, 0.2) is 5.13 Å². The summed E-state index contributed by atoms with van der Waals surface area (Å²) in [6.45, 7) is 5.72. The molecular weight excluding hydrogens is 228 g/mol. The number of nitrogens with zero attached hydrogens (tertiary/aromatic N) is 1. The van der Waals surface area contributed by atoms with E-state index in [2.05, 4.69) is 10.3 Å². The van der Waals surface area contributed by atoms with Crippen molar-refractivity contribution < 1.29 is 4.79 Å². The van der Waals surface area contributed by atoms with Crippen molar-refractivity contribution in [2.24, 2.45) is 0 Å². The van der Waals surface area contributed by atoms with Crippen molar-refractivity contribution in [3.8, 4) is 0 Å². The topological polar surface area (TPSA) is 42.0 Å². The Hall–Kier alpha value is -0.810. The van der Waals surface area contributed by atoms with Gasteiger partial charge in [-0.15, -0.1) is 11.8 Å². The lowest BCUT2D eigenvalue weighted by Crippen LogP contribution is -2.07. The highest BCUT2D eigenvalue weighted by Gasteiger charge is 2.07. The molecule has 0 aliphatic carbocycles. The van der Waals surface area contributed by atoms with Crippen LogP contribution in [0.2, 0.25) is 0 Å². The van der Waals surface area contributed by atoms with Crippen LogP contribution in [0, 0.1) is 6.92 Å². The number of hydrogen-bond acceptors (Lipinski definition) is 4. The Balaban J connectivity index is 2.73. The van der Waals surface area contributed by atoms with E-state index in [1.807, 2.05) is 27.0 Å². The number of rotatable bonds is 3. The molecule has 0 atom stereocenters. The quantitative estimate of drug-likeness (QED) is 0.654. The maximum Gasteiger partial charge on any atom is 0.250 e. The molecular formula is C10H14N2OS2. The molecule has 1 N–H and O–H groups in total. The summed E-state index contributed by atoms with van der Waals surface area (Å²) in [5.74, 6) is -0.114. The molecule has 0 fully saturated rings. The van der Waals surface area contributed by atoms with Gasteiger partial charge in [0.25, 0.3) is 0 Å². The Morgan fingerprint density at radius 2 is 2.20 bits per heavy atom. The number of thioether (sulfide) groups is 1. The summed E-state index contributed by atoms with van der Waals surface area (Å²) >= 11 is 3.15. The summed E-state index contributed by atoms with van der Waals surface area (Å²) in [5.41, 5.74) is 1.95. The summed E-state index contributed by atoms with van der Waals surface area (Å²) in [5, 5.41) is 3.41. The molecule has 0 aromatic carbocycles. The largest absolute Gasteiger partial charge is 0.298 e. The Labute approximate surface area is 98.0 Å². The number of hydrogen-bond donors (Lipinski definition) is 1. The van der Waals surface area contributed by atoms with Gasteiger partial charge in [-0.2, -0.15) is 0 Å². The lowest BCUT2D eigenvalue weighted by molar-refractivity contribution is -0.111. The molecule has 0 unspecified atom stereocenters. The molecule has 5 heteroatoms. The van der Waals surface area contributed by atoms with Gasteiger partial charge in [-0.25, -0.2) is 4.98 Å². The zero-order valence-corrected chi connectivity index (χ0v) is 10.9. The highest BCUT2D eigenvalue weighted by molar-refractivity contribution is 8.00. The molecule has 0 spiro atoms. The molecule has 0 radical (unpaired) electrons. The van der Waals surface area contributed by atoms with E-state index in [9.17, 15) is 4.79 Å². The Morgan fingerprint density at radius 3 is 2.67 bits per heavy atom. The van der Waals surface area contributed by atoms with Gasteiger partial charge in [-0.3, -0.25) is 10.1 Å². The molecule has 1 heterocycles. The fourth-order valence-corrected chi connectivity index (χ4v) is 2.64. The van der Waals surface area contributed by atoms with E-state index >= 15 is 0 Å². The van der Waals surface area contributed by atoms with Crippen LogP contribution in [0.3, 0.4) is 0 Å². The molecule has 0 saturated carbocycles. The van der Waals surface area contributed by atoms with Crippen LogP contribution < -0.4 is 5.32 Å². The lowest BCUT2D eigenvalue weighted by atomic mass is 10.3. The van der Waals surface area contributed by atoms with Crippen LogP contribution in [-0.2, 0) is 4.79 Å². The summed E-state index contributed by atoms with van der Waals surface area (Å²) in [4.78, 5) is 15.7. The van der Waals surface area contributed by atoms with Gasteiger partial charge in [0.2, 0.25) is 5.91 Å². The number of anilines is 1. The maximum absolute atomic E-state index is 11.4. The average molecular weight is 242 g/mol. The van der Waals surface area contributed by atoms with Crippen molar-refractivity contribution in [1.29, 1.82) is 0 Å². The molecule has 1 rings (SSSR count). The molecule has 1 aromatic rings. The number of allylic oxidation sites excluding steroid dienone is 1. The number of carbonyl (C=O) groups is 1. The normalized spacial score (nSPS) is 9.87. The third-order valence-electron chi connectivity index (χ3n) is 1.59. The summed E-state index contributed by atoms with van der Waals surface area (Å²) in [6.07, 6.45) is 3.57. The first kappa shape index (κ1) is 12.3. The number of aromatic nitrogens is 1. The smallest absolute Gasteiger partial charge is 0.250 e. The van der Waals surface area contributed by atoms with Crippen LogP contribution in [0.5, 0.6) is 0 Å². The molecule has 0 aliphatic heterocycles. The number of nitrogens with one attached hydrogen (secondary N) is 1. The molecule has 3 nitrogen and oxygen atoms in total. The van der Waals surface area contributed by atoms with Crippen LogP contribution in [0.25, 0.3) is 0 Å². The minimum absolute atomic E-state index is 0.114. The second kappa shape index (κ2) is 5.32. The predicted molar refractivity (Wildman–Crippen MR) is 66.7 cm³/mol. The number of thiazole rings is 1. The van der Waals surface area contributed by atoms with E-state index < -0.39 is 0 Å². The highest BCUT2D eigenvalue weighted by atomic mass is 32.2. The Kier molecular flexibility index (Phi) is 4.35. The predicted octanol–water partition coefficient (Wildman–Crippen LogP) is 3.08. The molecule has 15 heavy (non-hydrogen) atoms. The van der Waals surface area contributed by atoms with Crippen LogP contribution in [-0.4, -0.2) is 17.1 Å². The molecule has 82 valence electrons. The SMILES string of the molecule is CSc1sc(NC(=O)C=C(C)C)nc1C. The fraction of sp³-hybridized carbons (Fsp3) is 0.400. The number of carbonyl (C=O) groups excluding carboxylic acids is 1. The van der Waals surface area contributed by atoms with Crippen LogP contribution >= 0.6 is 23.1 Å². The van der Waals surface area contributed by atoms with Crippen LogP contribution in [0.4, 0.5) is 5.13 Å². The third kappa shape index (κ3) is 3.68. The first-order valence-electron chi connectivity index (χ1n) is 4.50. The first-order valence-corrected chi connectivity index (χ1v) is 6.54. The van der Waals surface area contributed by atoms with Gasteiger partial charge in [0, 0.05) is 6.08 Å². The van der Waals surface area contributed by atoms with Crippen molar-refractivity contribution in [2.45, 2.75) is 25.0 Å². The first-order chi connectivity index (χ1) is 7.02. The van der Waals surface area contributed by atoms with E-state index in [1.54, 1.807) is 17.8 Å². The minimum atomic E-state index is -0.114. The van der Waals surface area contributed by atoms with Crippen molar-refractivity contribution in [1.82, 2.24) is 4.98 Å². The monoisotopic (exact) mass is 242 g/mol. The second-order valence-electron chi connectivity index (χ2n) is 3.31. The molecule has 1 amide bonds. The van der Waals surface area contributed by atoms with E-state index in [1.165, 1.54) is 11.3 Å². The summed E-state index contributed by atoms with van der Waals surface area (Å²) < 4.78 is 1.14. The van der Waals surface area contributed by atoms with Crippen LogP contribution in [0.15, 0.2) is 15.9 Å². The molecule has 1 aromatic heterocycles. The molecule has 0 aliphatic rings. The van der Waals surface area contributed by atoms with Gasteiger partial charge < -0.3 is 0 Å². The van der Waals surface area contributed by atoms with Crippen molar-refractivity contribution >= 4 is 34.1 Å². The minimum Gasteiger partial charge on any atom is -0.298 e. The van der Waals surface area contributed by atoms with E-state index in [0.717, 1.165) is 15.5 Å². The highest BCUT2D eigenvalue weighted by Crippen LogP contribution is 2.30. The van der Waals surface area contributed by atoms with E-state index in [-0.39, 0.29) is 5.91 Å². The lowest BCUT2D eigenvalue weighted by Gasteiger charge is -1.95. The summed E-state index contributed by atoms with van der Waals surface area (Å²) in [6, 6.07) is 0. The van der Waals surface area contributed by atoms with Gasteiger partial charge in [0.05, 0.1) is 9.90 Å². The van der Waals surface area contributed by atoms with Crippen molar-refractivity contribution in [3.63, 3.8) is 0 Å². The average Bonchev–Trinajstić information content (AvgIpc) is 2.44. The maximum atomic E-state index is 11.4. The molecule has 0 bridgehead atoms. The Bertz CT molecular complexity index is 392. The van der Waals surface area contributed by atoms with Crippen LogP contribution in [0.1, 0.15) is 19.5 Å². The van der Waals surface area contributed by atoms with E-state index in [0.29, 0.717) is 5.13 Å². The molecule has 0 saturated heterocycles. The Morgan fingerprint density at radius 1 is 1.53 bits per heavy atom. The number of amides is 1. The van der Waals surface area contributed by atoms with Gasteiger partial charge in [0.1, 0.15) is 0 Å². The van der Waals surface area contributed by atoms with Gasteiger partial charge in [-0.05, 0) is 27.0 Å². The summed E-state index contributed by atoms with van der Waals surface area (Å²) in [7, 11) is 0. The zero-order chi connectivity index (χ0) is 11.4. The van der Waals surface area contributed by atoms with Gasteiger partial charge >= 0.3 is 0 Å². The zero-order valence-electron chi connectivity index (χ0n) is 9.25. The fourth-order valence-electron chi connectivity index (χ4n) is 1.03. The van der Waals surface area contributed by atoms with Gasteiger partial charge in [-0.1, -0.05) is 16.9 Å². The standard InChI is InChI=1S/C10H14N2OS2/c1-6(2)5-8(13)12-10-11-7(3)9(14-4)15-10/h5H,1-4H3,(H,11,12,13).